The second-order valence-corrected chi connectivity index (χ2v) is 7.91. The first kappa shape index (κ1) is 20.3. The lowest BCUT2D eigenvalue weighted by molar-refractivity contribution is 0.339. The fourth-order valence-corrected chi connectivity index (χ4v) is 4.99. The number of fused-ring (bicyclic) bond motifs is 5. The molecule has 2 aromatic heterocycles. The van der Waals surface area contributed by atoms with Gasteiger partial charge in [0.25, 0.3) is 0 Å². The van der Waals surface area contributed by atoms with Crippen LogP contribution < -0.4 is 9.80 Å². The van der Waals surface area contributed by atoms with Crippen LogP contribution in [0.1, 0.15) is 51.2 Å². The Bertz CT molecular complexity index is 1050. The van der Waals surface area contributed by atoms with Crippen molar-refractivity contribution >= 4 is 17.2 Å². The van der Waals surface area contributed by atoms with Gasteiger partial charge in [0.05, 0.1) is 6.20 Å². The average molecular weight is 402 g/mol. The number of pyridine rings is 1. The highest BCUT2D eigenvalue weighted by Gasteiger charge is 2.47. The molecular formula is C25H31N5. The molecule has 156 valence electrons. The molecule has 5 rings (SSSR count). The van der Waals surface area contributed by atoms with Crippen LogP contribution in [-0.4, -0.2) is 28.2 Å². The van der Waals surface area contributed by atoms with Crippen LogP contribution >= 0.6 is 0 Å². The van der Waals surface area contributed by atoms with Crippen molar-refractivity contribution in [1.29, 1.82) is 0 Å². The van der Waals surface area contributed by atoms with Gasteiger partial charge in [0.15, 0.2) is 11.6 Å². The molecular weight excluding hydrogens is 370 g/mol. The molecule has 0 bridgehead atoms. The van der Waals surface area contributed by atoms with Gasteiger partial charge >= 0.3 is 0 Å². The first-order valence-corrected chi connectivity index (χ1v) is 11.0. The Hall–Kier alpha value is -2.95. The van der Waals surface area contributed by atoms with Gasteiger partial charge in [-0.2, -0.15) is 0 Å². The zero-order valence-corrected chi connectivity index (χ0v) is 18.8. The molecule has 0 saturated heterocycles. The predicted molar refractivity (Wildman–Crippen MR) is 124 cm³/mol. The molecule has 3 atom stereocenters. The van der Waals surface area contributed by atoms with Crippen LogP contribution in [0.25, 0.3) is 11.4 Å². The van der Waals surface area contributed by atoms with Gasteiger partial charge in [-0.3, -0.25) is 4.98 Å². The molecule has 30 heavy (non-hydrogen) atoms. The number of para-hydroxylation sites is 1. The highest BCUT2D eigenvalue weighted by atomic mass is 15.4. The van der Waals surface area contributed by atoms with E-state index in [9.17, 15) is 0 Å². The third-order valence-electron chi connectivity index (χ3n) is 6.45. The third kappa shape index (κ3) is 2.95. The van der Waals surface area contributed by atoms with Crippen molar-refractivity contribution in [3.63, 3.8) is 0 Å². The number of aryl methyl sites for hydroxylation is 1. The van der Waals surface area contributed by atoms with Crippen molar-refractivity contribution in [1.82, 2.24) is 15.0 Å². The van der Waals surface area contributed by atoms with E-state index < -0.39 is 0 Å². The minimum atomic E-state index is 0.271. The maximum Gasteiger partial charge on any atom is 0.162 e. The predicted octanol–water partition coefficient (Wildman–Crippen LogP) is 5.93. The van der Waals surface area contributed by atoms with Crippen molar-refractivity contribution in [2.24, 2.45) is 5.92 Å². The summed E-state index contributed by atoms with van der Waals surface area (Å²) in [6, 6.07) is 10.8. The SMILES string of the molecule is CC.CCC1C(C)c2ccccc2N2c3cnc(-c4ccncc4C)nc3N(C)C12. The van der Waals surface area contributed by atoms with Crippen LogP contribution in [0.15, 0.2) is 48.9 Å². The Kier molecular flexibility index (Phi) is 5.46. The van der Waals surface area contributed by atoms with Gasteiger partial charge < -0.3 is 9.80 Å². The third-order valence-corrected chi connectivity index (χ3v) is 6.45. The molecule has 0 radical (unpaired) electrons. The van der Waals surface area contributed by atoms with Gasteiger partial charge in [0.1, 0.15) is 11.9 Å². The number of hydrogen-bond donors (Lipinski definition) is 0. The molecule has 0 N–H and O–H groups in total. The summed E-state index contributed by atoms with van der Waals surface area (Å²) >= 11 is 0. The highest BCUT2D eigenvalue weighted by molar-refractivity contribution is 5.84. The molecule has 2 aliphatic rings. The smallest absolute Gasteiger partial charge is 0.162 e. The summed E-state index contributed by atoms with van der Waals surface area (Å²) in [4.78, 5) is 18.7. The van der Waals surface area contributed by atoms with Crippen LogP contribution in [0.4, 0.5) is 17.2 Å². The van der Waals surface area contributed by atoms with Gasteiger partial charge in [-0.05, 0) is 42.5 Å². The Labute approximate surface area is 179 Å². The van der Waals surface area contributed by atoms with Gasteiger partial charge in [0, 0.05) is 36.6 Å². The summed E-state index contributed by atoms with van der Waals surface area (Å²) in [5.41, 5.74) is 5.93. The molecule has 0 aliphatic carbocycles. The fraction of sp³-hybridized carbons (Fsp3) is 0.400. The molecule has 0 spiro atoms. The molecule has 5 heteroatoms. The normalized spacial score (nSPS) is 21.3. The minimum Gasteiger partial charge on any atom is -0.337 e. The van der Waals surface area contributed by atoms with Crippen molar-refractivity contribution in [2.45, 2.75) is 53.1 Å². The number of hydrogen-bond acceptors (Lipinski definition) is 5. The fourth-order valence-electron chi connectivity index (χ4n) is 4.99. The Morgan fingerprint density at radius 3 is 2.53 bits per heavy atom. The molecule has 0 amide bonds. The lowest BCUT2D eigenvalue weighted by Crippen LogP contribution is -2.49. The summed E-state index contributed by atoms with van der Waals surface area (Å²) in [7, 11) is 2.17. The number of anilines is 3. The molecule has 0 fully saturated rings. The van der Waals surface area contributed by atoms with E-state index >= 15 is 0 Å². The van der Waals surface area contributed by atoms with Crippen LogP contribution in [0.5, 0.6) is 0 Å². The maximum atomic E-state index is 5.00. The molecule has 3 aromatic rings. The van der Waals surface area contributed by atoms with Crippen molar-refractivity contribution in [3.05, 3.63) is 60.0 Å². The lowest BCUT2D eigenvalue weighted by atomic mass is 9.79. The summed E-state index contributed by atoms with van der Waals surface area (Å²) in [5, 5.41) is 0. The summed E-state index contributed by atoms with van der Waals surface area (Å²) in [6.45, 7) is 10.7. The Balaban J connectivity index is 0.00000106. The van der Waals surface area contributed by atoms with Crippen LogP contribution in [-0.2, 0) is 0 Å². The first-order valence-electron chi connectivity index (χ1n) is 11.0. The average Bonchev–Trinajstić information content (AvgIpc) is 3.08. The van der Waals surface area contributed by atoms with E-state index in [0.717, 1.165) is 34.9 Å². The van der Waals surface area contributed by atoms with Gasteiger partial charge in [-0.15, -0.1) is 0 Å². The van der Waals surface area contributed by atoms with Gasteiger partial charge in [-0.25, -0.2) is 9.97 Å². The van der Waals surface area contributed by atoms with E-state index in [-0.39, 0.29) is 6.17 Å². The molecule has 1 aromatic carbocycles. The van der Waals surface area contributed by atoms with Crippen LogP contribution in [0, 0.1) is 12.8 Å². The molecule has 3 unspecified atom stereocenters. The zero-order chi connectivity index (χ0) is 21.4. The standard InChI is InChI=1S/C23H25N5.C2H6/c1-5-16-15(3)18-8-6-7-9-19(18)28-20-13-25-21(17-10-11-24-12-14(17)2)26-22(20)27(4)23(16)28;1-2/h6-13,15-16,23H,5H2,1-4H3;1-2H3. The lowest BCUT2D eigenvalue weighted by Gasteiger charge is -2.45. The number of benzene rings is 1. The highest BCUT2D eigenvalue weighted by Crippen LogP contribution is 2.53. The molecule has 0 saturated carbocycles. The Morgan fingerprint density at radius 2 is 1.80 bits per heavy atom. The van der Waals surface area contributed by atoms with E-state index in [1.807, 2.05) is 32.3 Å². The topological polar surface area (TPSA) is 45.2 Å². The van der Waals surface area contributed by atoms with Crippen LogP contribution in [0.3, 0.4) is 0 Å². The number of aromatic nitrogens is 3. The monoisotopic (exact) mass is 401 g/mol. The van der Waals surface area contributed by atoms with Crippen molar-refractivity contribution in [3.8, 4) is 11.4 Å². The second-order valence-electron chi connectivity index (χ2n) is 7.91. The second kappa shape index (κ2) is 8.05. The Morgan fingerprint density at radius 1 is 1.03 bits per heavy atom. The quantitative estimate of drug-likeness (QED) is 0.532. The van der Waals surface area contributed by atoms with E-state index in [1.165, 1.54) is 11.3 Å². The summed E-state index contributed by atoms with van der Waals surface area (Å²) < 4.78 is 0. The number of rotatable bonds is 2. The van der Waals surface area contributed by atoms with Gasteiger partial charge in [-0.1, -0.05) is 45.9 Å². The largest absolute Gasteiger partial charge is 0.337 e. The zero-order valence-electron chi connectivity index (χ0n) is 18.8. The van der Waals surface area contributed by atoms with Gasteiger partial charge in [0.2, 0.25) is 0 Å². The number of nitrogens with zero attached hydrogens (tertiary/aromatic N) is 5. The van der Waals surface area contributed by atoms with E-state index in [0.29, 0.717) is 11.8 Å². The summed E-state index contributed by atoms with van der Waals surface area (Å²) in [6.07, 6.45) is 7.06. The molecule has 2 aliphatic heterocycles. The molecule has 4 heterocycles. The van der Waals surface area contributed by atoms with E-state index in [2.05, 4.69) is 66.9 Å². The van der Waals surface area contributed by atoms with Crippen molar-refractivity contribution < 1.29 is 0 Å². The van der Waals surface area contributed by atoms with Crippen molar-refractivity contribution in [2.75, 3.05) is 16.8 Å². The van der Waals surface area contributed by atoms with E-state index in [4.69, 9.17) is 9.97 Å². The summed E-state index contributed by atoms with van der Waals surface area (Å²) in [5.74, 6) is 2.81. The minimum absolute atomic E-state index is 0.271. The molecule has 5 nitrogen and oxygen atoms in total. The van der Waals surface area contributed by atoms with Crippen LogP contribution in [0.2, 0.25) is 0 Å². The van der Waals surface area contributed by atoms with E-state index in [1.54, 1.807) is 6.20 Å². The maximum absolute atomic E-state index is 5.00. The first-order chi connectivity index (χ1) is 14.6.